The highest BCUT2D eigenvalue weighted by Gasteiger charge is 2.15. The summed E-state index contributed by atoms with van der Waals surface area (Å²) in [7, 11) is 0. The van der Waals surface area contributed by atoms with Crippen molar-refractivity contribution < 1.29 is 9.47 Å². The van der Waals surface area contributed by atoms with Crippen molar-refractivity contribution in [2.24, 2.45) is 0 Å². The van der Waals surface area contributed by atoms with Gasteiger partial charge in [-0.1, -0.05) is 13.0 Å². The molecule has 1 aliphatic heterocycles. The Balaban J connectivity index is 1.90. The van der Waals surface area contributed by atoms with E-state index >= 15 is 0 Å². The molecule has 0 aliphatic carbocycles. The molecular formula is C13H20N2O2. The van der Waals surface area contributed by atoms with Gasteiger partial charge in [0.05, 0.1) is 18.9 Å². The van der Waals surface area contributed by atoms with E-state index < -0.39 is 0 Å². The SMILES string of the molecule is CCNCc1cccc(OC2CCOCC2)n1. The summed E-state index contributed by atoms with van der Waals surface area (Å²) in [5, 5.41) is 3.26. The molecule has 0 saturated carbocycles. The Bertz CT molecular complexity index is 338. The molecular weight excluding hydrogens is 216 g/mol. The van der Waals surface area contributed by atoms with Crippen molar-refractivity contribution in [1.82, 2.24) is 10.3 Å². The van der Waals surface area contributed by atoms with Gasteiger partial charge in [0.1, 0.15) is 6.10 Å². The Kier molecular flexibility index (Phi) is 4.76. The fraction of sp³-hybridized carbons (Fsp3) is 0.615. The van der Waals surface area contributed by atoms with Gasteiger partial charge in [0.15, 0.2) is 0 Å². The van der Waals surface area contributed by atoms with Crippen molar-refractivity contribution in [3.05, 3.63) is 23.9 Å². The smallest absolute Gasteiger partial charge is 0.213 e. The maximum Gasteiger partial charge on any atom is 0.213 e. The van der Waals surface area contributed by atoms with Gasteiger partial charge in [-0.25, -0.2) is 4.98 Å². The molecule has 1 aromatic heterocycles. The lowest BCUT2D eigenvalue weighted by Gasteiger charge is -2.22. The molecule has 0 radical (unpaired) electrons. The Labute approximate surface area is 102 Å². The minimum absolute atomic E-state index is 0.255. The highest BCUT2D eigenvalue weighted by atomic mass is 16.5. The third-order valence-electron chi connectivity index (χ3n) is 2.79. The lowest BCUT2D eigenvalue weighted by Crippen LogP contribution is -2.26. The van der Waals surface area contributed by atoms with Gasteiger partial charge in [-0.05, 0) is 12.6 Å². The van der Waals surface area contributed by atoms with Crippen LogP contribution in [-0.2, 0) is 11.3 Å². The Morgan fingerprint density at radius 3 is 3.00 bits per heavy atom. The zero-order valence-electron chi connectivity index (χ0n) is 10.3. The molecule has 17 heavy (non-hydrogen) atoms. The molecule has 4 nitrogen and oxygen atoms in total. The summed E-state index contributed by atoms with van der Waals surface area (Å²) >= 11 is 0. The van der Waals surface area contributed by atoms with Gasteiger partial charge in [-0.3, -0.25) is 0 Å². The molecule has 1 aromatic rings. The minimum Gasteiger partial charge on any atom is -0.474 e. The van der Waals surface area contributed by atoms with E-state index in [4.69, 9.17) is 9.47 Å². The summed E-state index contributed by atoms with van der Waals surface area (Å²) in [6.45, 7) is 5.42. The van der Waals surface area contributed by atoms with E-state index in [1.165, 1.54) is 0 Å². The highest BCUT2D eigenvalue weighted by molar-refractivity contribution is 5.16. The zero-order chi connectivity index (χ0) is 11.9. The van der Waals surface area contributed by atoms with E-state index in [0.29, 0.717) is 0 Å². The fourth-order valence-corrected chi connectivity index (χ4v) is 1.84. The van der Waals surface area contributed by atoms with Gasteiger partial charge in [-0.15, -0.1) is 0 Å². The quantitative estimate of drug-likeness (QED) is 0.846. The molecule has 0 atom stereocenters. The van der Waals surface area contributed by atoms with Crippen LogP contribution >= 0.6 is 0 Å². The average Bonchev–Trinajstić information content (AvgIpc) is 2.38. The van der Waals surface area contributed by atoms with Crippen molar-refractivity contribution >= 4 is 0 Å². The molecule has 4 heteroatoms. The number of ether oxygens (including phenoxy) is 2. The molecule has 1 aliphatic rings. The average molecular weight is 236 g/mol. The second-order valence-corrected chi connectivity index (χ2v) is 4.18. The molecule has 0 unspecified atom stereocenters. The van der Waals surface area contributed by atoms with Crippen LogP contribution in [0.3, 0.4) is 0 Å². The van der Waals surface area contributed by atoms with Gasteiger partial charge >= 0.3 is 0 Å². The predicted molar refractivity (Wildman–Crippen MR) is 66.1 cm³/mol. The number of aromatic nitrogens is 1. The Hall–Kier alpha value is -1.13. The van der Waals surface area contributed by atoms with E-state index in [2.05, 4.69) is 17.2 Å². The molecule has 2 heterocycles. The molecule has 1 saturated heterocycles. The van der Waals surface area contributed by atoms with E-state index in [-0.39, 0.29) is 6.10 Å². The van der Waals surface area contributed by atoms with Gasteiger partial charge < -0.3 is 14.8 Å². The van der Waals surface area contributed by atoms with E-state index in [1.54, 1.807) is 0 Å². The van der Waals surface area contributed by atoms with E-state index in [0.717, 1.165) is 50.7 Å². The monoisotopic (exact) mass is 236 g/mol. The summed E-state index contributed by atoms with van der Waals surface area (Å²) in [6.07, 6.45) is 2.17. The van der Waals surface area contributed by atoms with Crippen LogP contribution in [0.4, 0.5) is 0 Å². The van der Waals surface area contributed by atoms with Crippen LogP contribution in [0, 0.1) is 0 Å². The summed E-state index contributed by atoms with van der Waals surface area (Å²) in [6, 6.07) is 5.93. The van der Waals surface area contributed by atoms with Crippen LogP contribution < -0.4 is 10.1 Å². The Morgan fingerprint density at radius 1 is 1.41 bits per heavy atom. The molecule has 1 fully saturated rings. The summed E-state index contributed by atoms with van der Waals surface area (Å²) in [4.78, 5) is 4.48. The maximum absolute atomic E-state index is 5.86. The molecule has 0 spiro atoms. The van der Waals surface area contributed by atoms with Gasteiger partial charge in [0, 0.05) is 25.5 Å². The standard InChI is InChI=1S/C13H20N2O2/c1-2-14-10-11-4-3-5-13(15-11)17-12-6-8-16-9-7-12/h3-5,12,14H,2,6-10H2,1H3. The first-order chi connectivity index (χ1) is 8.38. The third kappa shape index (κ3) is 3.98. The molecule has 0 amide bonds. The van der Waals surface area contributed by atoms with Gasteiger partial charge in [0.25, 0.3) is 0 Å². The molecule has 2 rings (SSSR count). The maximum atomic E-state index is 5.86. The number of rotatable bonds is 5. The van der Waals surface area contributed by atoms with E-state index in [9.17, 15) is 0 Å². The molecule has 0 aromatic carbocycles. The third-order valence-corrected chi connectivity index (χ3v) is 2.79. The van der Waals surface area contributed by atoms with Crippen molar-refractivity contribution in [1.29, 1.82) is 0 Å². The lowest BCUT2D eigenvalue weighted by atomic mass is 10.1. The van der Waals surface area contributed by atoms with Crippen LogP contribution in [0.1, 0.15) is 25.5 Å². The number of hydrogen-bond donors (Lipinski definition) is 1. The summed E-state index contributed by atoms with van der Waals surface area (Å²) in [5.41, 5.74) is 1.02. The summed E-state index contributed by atoms with van der Waals surface area (Å²) in [5.74, 6) is 0.729. The van der Waals surface area contributed by atoms with Crippen LogP contribution in [0.25, 0.3) is 0 Å². The second kappa shape index (κ2) is 6.57. The molecule has 1 N–H and O–H groups in total. The van der Waals surface area contributed by atoms with Gasteiger partial charge in [-0.2, -0.15) is 0 Å². The minimum atomic E-state index is 0.255. The number of pyridine rings is 1. The van der Waals surface area contributed by atoms with Gasteiger partial charge in [0.2, 0.25) is 5.88 Å². The van der Waals surface area contributed by atoms with Crippen LogP contribution in [0.15, 0.2) is 18.2 Å². The first-order valence-electron chi connectivity index (χ1n) is 6.29. The molecule has 0 bridgehead atoms. The molecule has 94 valence electrons. The number of nitrogens with zero attached hydrogens (tertiary/aromatic N) is 1. The topological polar surface area (TPSA) is 43.4 Å². The number of nitrogens with one attached hydrogen (secondary N) is 1. The zero-order valence-corrected chi connectivity index (χ0v) is 10.3. The Morgan fingerprint density at radius 2 is 2.24 bits per heavy atom. The van der Waals surface area contributed by atoms with Crippen LogP contribution in [0.5, 0.6) is 5.88 Å². The summed E-state index contributed by atoms with van der Waals surface area (Å²) < 4.78 is 11.2. The van der Waals surface area contributed by atoms with Crippen molar-refractivity contribution in [3.63, 3.8) is 0 Å². The lowest BCUT2D eigenvalue weighted by molar-refractivity contribution is 0.0236. The van der Waals surface area contributed by atoms with Crippen LogP contribution in [0.2, 0.25) is 0 Å². The predicted octanol–water partition coefficient (Wildman–Crippen LogP) is 1.75. The highest BCUT2D eigenvalue weighted by Crippen LogP contribution is 2.15. The second-order valence-electron chi connectivity index (χ2n) is 4.18. The van der Waals surface area contributed by atoms with Crippen molar-refractivity contribution in [2.75, 3.05) is 19.8 Å². The normalized spacial score (nSPS) is 17.0. The fourth-order valence-electron chi connectivity index (χ4n) is 1.84. The van der Waals surface area contributed by atoms with E-state index in [1.807, 2.05) is 18.2 Å². The number of hydrogen-bond acceptors (Lipinski definition) is 4. The van der Waals surface area contributed by atoms with Crippen LogP contribution in [-0.4, -0.2) is 30.8 Å². The van der Waals surface area contributed by atoms with Crippen molar-refractivity contribution in [2.45, 2.75) is 32.4 Å². The first-order valence-corrected chi connectivity index (χ1v) is 6.29. The first kappa shape index (κ1) is 12.3. The van der Waals surface area contributed by atoms with Crippen molar-refractivity contribution in [3.8, 4) is 5.88 Å². The largest absolute Gasteiger partial charge is 0.474 e.